The molecule has 0 fully saturated rings. The van der Waals surface area contributed by atoms with Crippen LogP contribution in [0.15, 0.2) is 53.9 Å². The summed E-state index contributed by atoms with van der Waals surface area (Å²) < 4.78 is 16.2. The molecule has 28 heavy (non-hydrogen) atoms. The van der Waals surface area contributed by atoms with Crippen molar-refractivity contribution in [2.45, 2.75) is 25.9 Å². The van der Waals surface area contributed by atoms with E-state index in [1.807, 2.05) is 42.8 Å². The van der Waals surface area contributed by atoms with E-state index in [9.17, 15) is 14.0 Å². The predicted octanol–water partition coefficient (Wildman–Crippen LogP) is 4.56. The number of carbonyl (C=O) groups is 2. The number of aryl methyl sites for hydroxylation is 1. The van der Waals surface area contributed by atoms with E-state index in [1.54, 1.807) is 6.20 Å². The van der Waals surface area contributed by atoms with Crippen LogP contribution >= 0.6 is 11.8 Å². The minimum Gasteiger partial charge on any atom is -0.326 e. The molecule has 0 radical (unpaired) electrons. The van der Waals surface area contributed by atoms with Gasteiger partial charge >= 0.3 is 0 Å². The molecule has 1 heterocycles. The maximum absolute atomic E-state index is 14.3. The molecule has 0 unspecified atom stereocenters. The Hall–Kier alpha value is -2.93. The number of Topliss-reactive ketones (excluding diaryl/α,β-unsaturated/α-hetero) is 1. The molecule has 1 amide bonds. The van der Waals surface area contributed by atoms with E-state index in [0.29, 0.717) is 10.8 Å². The van der Waals surface area contributed by atoms with Crippen LogP contribution in [0.2, 0.25) is 0 Å². The zero-order valence-corrected chi connectivity index (χ0v) is 16.6. The van der Waals surface area contributed by atoms with Crippen molar-refractivity contribution in [3.63, 3.8) is 0 Å². The number of aromatic nitrogens is 2. The molecule has 2 aromatic carbocycles. The Bertz CT molecular complexity index is 1050. The minimum absolute atomic E-state index is 0.00792. The molecule has 0 bridgehead atoms. The van der Waals surface area contributed by atoms with E-state index in [4.69, 9.17) is 0 Å². The monoisotopic (exact) mass is 397 g/mol. The first-order chi connectivity index (χ1) is 13.4. The second kappa shape index (κ2) is 8.39. The molecular weight excluding hydrogens is 377 g/mol. The largest absolute Gasteiger partial charge is 0.326 e. The normalized spacial score (nSPS) is 10.7. The fourth-order valence-electron chi connectivity index (χ4n) is 2.81. The molecule has 0 aliphatic heterocycles. The molecule has 3 rings (SSSR count). The second-order valence-corrected chi connectivity index (χ2v) is 7.33. The van der Waals surface area contributed by atoms with Crippen LogP contribution in [0, 0.1) is 19.7 Å². The molecule has 0 atom stereocenters. The zero-order chi connectivity index (χ0) is 20.3. The van der Waals surface area contributed by atoms with Crippen molar-refractivity contribution >= 4 is 29.1 Å². The van der Waals surface area contributed by atoms with Gasteiger partial charge in [0.25, 0.3) is 0 Å². The molecule has 3 aromatic rings. The number of rotatable bonds is 6. The molecule has 5 nitrogen and oxygen atoms in total. The average molecular weight is 397 g/mol. The van der Waals surface area contributed by atoms with Gasteiger partial charge in [-0.25, -0.2) is 9.37 Å². The van der Waals surface area contributed by atoms with Gasteiger partial charge in [-0.15, -0.1) is 0 Å². The lowest BCUT2D eigenvalue weighted by atomic mass is 10.1. The highest BCUT2D eigenvalue weighted by Gasteiger charge is 2.16. The van der Waals surface area contributed by atoms with Crippen LogP contribution in [-0.4, -0.2) is 27.0 Å². The second-order valence-electron chi connectivity index (χ2n) is 6.39. The first-order valence-electron chi connectivity index (χ1n) is 8.70. The van der Waals surface area contributed by atoms with Gasteiger partial charge in [-0.2, -0.15) is 0 Å². The summed E-state index contributed by atoms with van der Waals surface area (Å²) in [5.74, 6) is -1.24. The summed E-state index contributed by atoms with van der Waals surface area (Å²) in [6.07, 6.45) is 3.52. The molecule has 7 heteroatoms. The van der Waals surface area contributed by atoms with Crippen molar-refractivity contribution in [1.29, 1.82) is 0 Å². The number of benzene rings is 2. The van der Waals surface area contributed by atoms with Crippen molar-refractivity contribution in [1.82, 2.24) is 9.55 Å². The van der Waals surface area contributed by atoms with Gasteiger partial charge in [0.15, 0.2) is 10.9 Å². The minimum atomic E-state index is -0.658. The van der Waals surface area contributed by atoms with Gasteiger partial charge in [0, 0.05) is 25.0 Å². The Balaban J connectivity index is 1.75. The van der Waals surface area contributed by atoms with E-state index in [-0.39, 0.29) is 23.0 Å². The molecule has 1 aromatic heterocycles. The van der Waals surface area contributed by atoms with Gasteiger partial charge in [0.2, 0.25) is 5.91 Å². The Morgan fingerprint density at radius 1 is 1.21 bits per heavy atom. The van der Waals surface area contributed by atoms with Gasteiger partial charge in [0.1, 0.15) is 5.82 Å². The summed E-state index contributed by atoms with van der Waals surface area (Å²) >= 11 is 1.26. The maximum Gasteiger partial charge on any atom is 0.221 e. The average Bonchev–Trinajstić information content (AvgIpc) is 3.10. The third kappa shape index (κ3) is 4.31. The number of ketones is 1. The summed E-state index contributed by atoms with van der Waals surface area (Å²) in [5.41, 5.74) is 3.61. The first-order valence-corrected chi connectivity index (χ1v) is 9.68. The van der Waals surface area contributed by atoms with Crippen molar-refractivity contribution < 1.29 is 14.0 Å². The highest BCUT2D eigenvalue weighted by molar-refractivity contribution is 7.99. The number of halogens is 1. The third-order valence-electron chi connectivity index (χ3n) is 4.36. The van der Waals surface area contributed by atoms with E-state index in [1.165, 1.54) is 36.4 Å². The number of anilines is 1. The Kier molecular flexibility index (Phi) is 5.94. The van der Waals surface area contributed by atoms with Crippen molar-refractivity contribution in [3.8, 4) is 5.69 Å². The van der Waals surface area contributed by atoms with Gasteiger partial charge < -0.3 is 5.32 Å². The van der Waals surface area contributed by atoms with Crippen LogP contribution in [0.5, 0.6) is 0 Å². The van der Waals surface area contributed by atoms with Crippen molar-refractivity contribution in [2.24, 2.45) is 0 Å². The van der Waals surface area contributed by atoms with Gasteiger partial charge in [-0.3, -0.25) is 14.2 Å². The summed E-state index contributed by atoms with van der Waals surface area (Å²) in [4.78, 5) is 27.9. The SMILES string of the molecule is CC(=O)Nc1ccc(C(=O)CSc2nccn2-c2cccc(C)c2C)c(F)c1. The summed E-state index contributed by atoms with van der Waals surface area (Å²) in [5, 5.41) is 3.16. The predicted molar refractivity (Wildman–Crippen MR) is 109 cm³/mol. The fourth-order valence-corrected chi connectivity index (χ4v) is 3.66. The fraction of sp³-hybridized carbons (Fsp3) is 0.190. The Labute approximate surface area is 167 Å². The number of imidazole rings is 1. The van der Waals surface area contributed by atoms with Crippen LogP contribution < -0.4 is 5.32 Å². The molecule has 0 spiro atoms. The molecule has 0 aliphatic rings. The van der Waals surface area contributed by atoms with Gasteiger partial charge in [-0.1, -0.05) is 23.9 Å². The number of thioether (sulfide) groups is 1. The standard InChI is InChI=1S/C21H20FN3O2S/c1-13-5-4-6-19(14(13)2)25-10-9-23-21(25)28-12-20(27)17-8-7-16(11-18(17)22)24-15(3)26/h4-11H,12H2,1-3H3,(H,24,26). The lowest BCUT2D eigenvalue weighted by Gasteiger charge is -2.12. The summed E-state index contributed by atoms with van der Waals surface area (Å²) in [7, 11) is 0. The van der Waals surface area contributed by atoms with Crippen molar-refractivity contribution in [3.05, 3.63) is 71.3 Å². The van der Waals surface area contributed by atoms with Gasteiger partial charge in [-0.05, 0) is 49.2 Å². The van der Waals surface area contributed by atoms with Gasteiger partial charge in [0.05, 0.1) is 17.0 Å². The highest BCUT2D eigenvalue weighted by Crippen LogP contribution is 2.25. The molecule has 0 aliphatic carbocycles. The number of amides is 1. The van der Waals surface area contributed by atoms with E-state index >= 15 is 0 Å². The third-order valence-corrected chi connectivity index (χ3v) is 5.33. The van der Waals surface area contributed by atoms with E-state index in [0.717, 1.165) is 17.3 Å². The molecular formula is C21H20FN3O2S. The zero-order valence-electron chi connectivity index (χ0n) is 15.8. The van der Waals surface area contributed by atoms with E-state index < -0.39 is 5.82 Å². The number of hydrogen-bond acceptors (Lipinski definition) is 4. The van der Waals surface area contributed by atoms with Crippen LogP contribution in [0.3, 0.4) is 0 Å². The van der Waals surface area contributed by atoms with Crippen molar-refractivity contribution in [2.75, 3.05) is 11.1 Å². The van der Waals surface area contributed by atoms with Crippen LogP contribution in [0.25, 0.3) is 5.69 Å². The first kappa shape index (κ1) is 19.8. The number of carbonyl (C=O) groups excluding carboxylic acids is 2. The Morgan fingerprint density at radius 3 is 2.71 bits per heavy atom. The Morgan fingerprint density at radius 2 is 2.00 bits per heavy atom. The smallest absolute Gasteiger partial charge is 0.221 e. The summed E-state index contributed by atoms with van der Waals surface area (Å²) in [6, 6.07) is 10.1. The molecule has 144 valence electrons. The van der Waals surface area contributed by atoms with Crippen LogP contribution in [-0.2, 0) is 4.79 Å². The molecule has 0 saturated carbocycles. The van der Waals surface area contributed by atoms with E-state index in [2.05, 4.69) is 10.3 Å². The quantitative estimate of drug-likeness (QED) is 0.489. The highest BCUT2D eigenvalue weighted by atomic mass is 32.2. The van der Waals surface area contributed by atoms with Crippen LogP contribution in [0.1, 0.15) is 28.4 Å². The lowest BCUT2D eigenvalue weighted by Crippen LogP contribution is -2.09. The topological polar surface area (TPSA) is 64.0 Å². The van der Waals surface area contributed by atoms with Crippen LogP contribution in [0.4, 0.5) is 10.1 Å². The molecule has 1 N–H and O–H groups in total. The summed E-state index contributed by atoms with van der Waals surface area (Å²) in [6.45, 7) is 5.42. The number of nitrogens with zero attached hydrogens (tertiary/aromatic N) is 2. The number of nitrogens with one attached hydrogen (secondary N) is 1. The maximum atomic E-state index is 14.3. The lowest BCUT2D eigenvalue weighted by molar-refractivity contribution is -0.114. The molecule has 0 saturated heterocycles. The number of hydrogen-bond donors (Lipinski definition) is 1.